The first-order valence-corrected chi connectivity index (χ1v) is 4.69. The molecule has 1 atom stereocenters. The fourth-order valence-electron chi connectivity index (χ4n) is 1.07. The molecule has 1 amide bonds. The number of hydrogen-bond acceptors (Lipinski definition) is 2. The number of carbonyl (C=O) groups is 1. The minimum absolute atomic E-state index is 0.125. The van der Waals surface area contributed by atoms with Crippen molar-refractivity contribution in [3.63, 3.8) is 0 Å². The lowest BCUT2D eigenvalue weighted by atomic mass is 10.2. The Kier molecular flexibility index (Phi) is 2.21. The molecule has 14 heavy (non-hydrogen) atoms. The van der Waals surface area contributed by atoms with Crippen molar-refractivity contribution in [2.75, 3.05) is 11.9 Å². The van der Waals surface area contributed by atoms with Crippen LogP contribution in [0.2, 0.25) is 5.02 Å². The predicted molar refractivity (Wildman–Crippen MR) is 54.4 cm³/mol. The van der Waals surface area contributed by atoms with E-state index in [1.165, 1.54) is 0 Å². The SMILES string of the molecule is CC1(C(=O)Nc2cccc(Cl)c2)CO1. The number of nitrogens with one attached hydrogen (secondary N) is 1. The molecule has 1 fully saturated rings. The van der Waals surface area contributed by atoms with Crippen LogP contribution in [0.25, 0.3) is 0 Å². The number of halogens is 1. The van der Waals surface area contributed by atoms with Crippen LogP contribution in [-0.4, -0.2) is 18.1 Å². The summed E-state index contributed by atoms with van der Waals surface area (Å²) in [5.41, 5.74) is 0.0571. The second kappa shape index (κ2) is 3.26. The zero-order valence-corrected chi connectivity index (χ0v) is 8.47. The zero-order chi connectivity index (χ0) is 10.2. The van der Waals surface area contributed by atoms with E-state index >= 15 is 0 Å². The van der Waals surface area contributed by atoms with Gasteiger partial charge in [-0.15, -0.1) is 0 Å². The predicted octanol–water partition coefficient (Wildman–Crippen LogP) is 2.07. The van der Waals surface area contributed by atoms with E-state index < -0.39 is 5.60 Å². The van der Waals surface area contributed by atoms with Crippen molar-refractivity contribution < 1.29 is 9.53 Å². The molecule has 1 aromatic rings. The van der Waals surface area contributed by atoms with E-state index in [-0.39, 0.29) is 5.91 Å². The van der Waals surface area contributed by atoms with Crippen molar-refractivity contribution in [1.82, 2.24) is 0 Å². The maximum atomic E-state index is 11.5. The van der Waals surface area contributed by atoms with Gasteiger partial charge in [-0.05, 0) is 25.1 Å². The van der Waals surface area contributed by atoms with Crippen LogP contribution < -0.4 is 5.32 Å². The molecule has 1 N–H and O–H groups in total. The average molecular weight is 212 g/mol. The van der Waals surface area contributed by atoms with E-state index in [2.05, 4.69) is 5.32 Å². The number of epoxide rings is 1. The normalized spacial score (nSPS) is 24.4. The summed E-state index contributed by atoms with van der Waals surface area (Å²) in [4.78, 5) is 11.5. The minimum Gasteiger partial charge on any atom is -0.359 e. The van der Waals surface area contributed by atoms with Gasteiger partial charge in [0.25, 0.3) is 5.91 Å². The molecule has 1 aromatic carbocycles. The van der Waals surface area contributed by atoms with Gasteiger partial charge in [-0.25, -0.2) is 0 Å². The Morgan fingerprint density at radius 1 is 1.64 bits per heavy atom. The third-order valence-corrected chi connectivity index (χ3v) is 2.38. The highest BCUT2D eigenvalue weighted by atomic mass is 35.5. The Hall–Kier alpha value is -1.06. The maximum absolute atomic E-state index is 11.5. The molecule has 0 radical (unpaired) electrons. The molecule has 1 aliphatic heterocycles. The quantitative estimate of drug-likeness (QED) is 0.761. The molecule has 2 rings (SSSR count). The summed E-state index contributed by atoms with van der Waals surface area (Å²) in [7, 11) is 0. The molecule has 1 aliphatic rings. The molecule has 0 spiro atoms. The van der Waals surface area contributed by atoms with Crippen molar-refractivity contribution in [2.45, 2.75) is 12.5 Å². The van der Waals surface area contributed by atoms with E-state index in [0.29, 0.717) is 17.3 Å². The lowest BCUT2D eigenvalue weighted by Crippen LogP contribution is -2.28. The monoisotopic (exact) mass is 211 g/mol. The Balaban J connectivity index is 2.07. The molecule has 4 heteroatoms. The Morgan fingerprint density at radius 2 is 2.36 bits per heavy atom. The van der Waals surface area contributed by atoms with Gasteiger partial charge in [-0.3, -0.25) is 4.79 Å². The lowest BCUT2D eigenvalue weighted by Gasteiger charge is -2.07. The number of ether oxygens (including phenoxy) is 1. The molecule has 0 saturated carbocycles. The van der Waals surface area contributed by atoms with Crippen molar-refractivity contribution in [3.8, 4) is 0 Å². The van der Waals surface area contributed by atoms with Crippen LogP contribution in [0, 0.1) is 0 Å². The minimum atomic E-state index is -0.637. The smallest absolute Gasteiger partial charge is 0.258 e. The molecule has 1 unspecified atom stereocenters. The first kappa shape index (κ1) is 9.49. The Morgan fingerprint density at radius 3 is 2.93 bits per heavy atom. The second-order valence-electron chi connectivity index (χ2n) is 3.48. The molecule has 1 heterocycles. The van der Waals surface area contributed by atoms with Crippen LogP contribution in [0.4, 0.5) is 5.69 Å². The fraction of sp³-hybridized carbons (Fsp3) is 0.300. The van der Waals surface area contributed by atoms with Crippen LogP contribution in [-0.2, 0) is 9.53 Å². The number of benzene rings is 1. The molecular formula is C10H10ClNO2. The summed E-state index contributed by atoms with van der Waals surface area (Å²) < 4.78 is 5.02. The zero-order valence-electron chi connectivity index (χ0n) is 7.71. The summed E-state index contributed by atoms with van der Waals surface area (Å²) in [5, 5.41) is 3.34. The van der Waals surface area contributed by atoms with Gasteiger partial charge in [0.2, 0.25) is 0 Å². The Labute approximate surface area is 87.0 Å². The average Bonchev–Trinajstić information content (AvgIpc) is 2.85. The topological polar surface area (TPSA) is 41.6 Å². The van der Waals surface area contributed by atoms with Gasteiger partial charge >= 0.3 is 0 Å². The Bertz CT molecular complexity index is 374. The standard InChI is InChI=1S/C10H10ClNO2/c1-10(6-14-10)9(13)12-8-4-2-3-7(11)5-8/h2-5H,6H2,1H3,(H,12,13). The van der Waals surface area contributed by atoms with E-state index in [9.17, 15) is 4.79 Å². The van der Waals surface area contributed by atoms with Crippen molar-refractivity contribution in [3.05, 3.63) is 29.3 Å². The van der Waals surface area contributed by atoms with Crippen LogP contribution in [0.15, 0.2) is 24.3 Å². The number of rotatable bonds is 2. The highest BCUT2D eigenvalue weighted by Gasteiger charge is 2.47. The molecule has 0 aliphatic carbocycles. The third kappa shape index (κ3) is 1.89. The summed E-state index contributed by atoms with van der Waals surface area (Å²) >= 11 is 5.78. The largest absolute Gasteiger partial charge is 0.359 e. The van der Waals surface area contributed by atoms with E-state index in [1.54, 1.807) is 31.2 Å². The highest BCUT2D eigenvalue weighted by Crippen LogP contribution is 2.27. The van der Waals surface area contributed by atoms with Crippen molar-refractivity contribution >= 4 is 23.2 Å². The molecule has 0 aromatic heterocycles. The number of amides is 1. The van der Waals surface area contributed by atoms with Crippen molar-refractivity contribution in [1.29, 1.82) is 0 Å². The van der Waals surface area contributed by atoms with Crippen LogP contribution in [0.3, 0.4) is 0 Å². The highest BCUT2D eigenvalue weighted by molar-refractivity contribution is 6.30. The number of anilines is 1. The fourth-order valence-corrected chi connectivity index (χ4v) is 1.26. The molecule has 74 valence electrons. The van der Waals surface area contributed by atoms with Crippen LogP contribution >= 0.6 is 11.6 Å². The lowest BCUT2D eigenvalue weighted by molar-refractivity contribution is -0.120. The number of carbonyl (C=O) groups excluding carboxylic acids is 1. The van der Waals surface area contributed by atoms with Gasteiger partial charge in [0.05, 0.1) is 6.61 Å². The van der Waals surface area contributed by atoms with E-state index in [0.717, 1.165) is 0 Å². The van der Waals surface area contributed by atoms with Gasteiger partial charge < -0.3 is 10.1 Å². The first-order valence-electron chi connectivity index (χ1n) is 4.31. The molecule has 3 nitrogen and oxygen atoms in total. The molecular weight excluding hydrogens is 202 g/mol. The molecule has 1 saturated heterocycles. The second-order valence-corrected chi connectivity index (χ2v) is 3.92. The van der Waals surface area contributed by atoms with Crippen LogP contribution in [0.5, 0.6) is 0 Å². The summed E-state index contributed by atoms with van der Waals surface area (Å²) in [5.74, 6) is -0.125. The summed E-state index contributed by atoms with van der Waals surface area (Å²) in [6.07, 6.45) is 0. The van der Waals surface area contributed by atoms with Gasteiger partial charge in [-0.1, -0.05) is 17.7 Å². The summed E-state index contributed by atoms with van der Waals surface area (Å²) in [6.45, 7) is 2.24. The third-order valence-electron chi connectivity index (χ3n) is 2.14. The van der Waals surface area contributed by atoms with Gasteiger partial charge in [-0.2, -0.15) is 0 Å². The number of hydrogen-bond donors (Lipinski definition) is 1. The van der Waals surface area contributed by atoms with E-state index in [4.69, 9.17) is 16.3 Å². The van der Waals surface area contributed by atoms with E-state index in [1.807, 2.05) is 0 Å². The van der Waals surface area contributed by atoms with Gasteiger partial charge in [0, 0.05) is 10.7 Å². The molecule has 0 bridgehead atoms. The first-order chi connectivity index (χ1) is 6.60. The van der Waals surface area contributed by atoms with Gasteiger partial charge in [0.1, 0.15) is 0 Å². The van der Waals surface area contributed by atoms with Crippen molar-refractivity contribution in [2.24, 2.45) is 0 Å². The maximum Gasteiger partial charge on any atom is 0.258 e. The summed E-state index contributed by atoms with van der Waals surface area (Å²) in [6, 6.07) is 7.03. The van der Waals surface area contributed by atoms with Crippen LogP contribution in [0.1, 0.15) is 6.92 Å². The van der Waals surface area contributed by atoms with Gasteiger partial charge in [0.15, 0.2) is 5.60 Å².